The molecule has 1 aliphatic heterocycles. The number of carbonyl (C=O) groups excluding carboxylic acids is 2. The lowest BCUT2D eigenvalue weighted by Crippen LogP contribution is -2.36. The molecule has 1 N–H and O–H groups in total. The van der Waals surface area contributed by atoms with Gasteiger partial charge in [-0.05, 0) is 54.7 Å². The average Bonchev–Trinajstić information content (AvgIpc) is 3.09. The number of aromatic nitrogens is 1. The molecular weight excluding hydrogens is 374 g/mol. The van der Waals surface area contributed by atoms with Gasteiger partial charge < -0.3 is 10.2 Å². The van der Waals surface area contributed by atoms with E-state index in [1.165, 1.54) is 6.20 Å². The van der Waals surface area contributed by atoms with Crippen LogP contribution in [0, 0.1) is 0 Å². The average molecular weight is 399 g/mol. The van der Waals surface area contributed by atoms with Gasteiger partial charge in [0.05, 0.1) is 0 Å². The van der Waals surface area contributed by atoms with Gasteiger partial charge in [0.25, 0.3) is 11.8 Å². The van der Waals surface area contributed by atoms with E-state index >= 15 is 0 Å². The molecule has 5 heteroatoms. The molecule has 152 valence electrons. The molecule has 0 aliphatic carbocycles. The molecule has 4 rings (SSSR count). The standard InChI is InChI=1S/C25H25N3O2/c1-16(2)20-9-5-6-10-21(20)27-24(29)19-12-13-26-22(15-19)25(30)28-17(3)14-18-8-4-7-11-23(18)28/h4-13,15-17H,14H2,1-3H3,(H,27,29). The minimum Gasteiger partial charge on any atom is -0.322 e. The smallest absolute Gasteiger partial charge is 0.277 e. The van der Waals surface area contributed by atoms with Crippen LogP contribution < -0.4 is 10.2 Å². The second kappa shape index (κ2) is 8.11. The molecule has 1 atom stereocenters. The fraction of sp³-hybridized carbons (Fsp3) is 0.240. The van der Waals surface area contributed by atoms with E-state index in [0.717, 1.165) is 28.9 Å². The largest absolute Gasteiger partial charge is 0.322 e. The molecule has 0 spiro atoms. The molecule has 0 radical (unpaired) electrons. The maximum absolute atomic E-state index is 13.2. The van der Waals surface area contributed by atoms with Crippen molar-refractivity contribution in [2.75, 3.05) is 10.2 Å². The topological polar surface area (TPSA) is 62.3 Å². The van der Waals surface area contributed by atoms with Crippen molar-refractivity contribution in [1.29, 1.82) is 0 Å². The van der Waals surface area contributed by atoms with Crippen molar-refractivity contribution in [3.8, 4) is 0 Å². The highest BCUT2D eigenvalue weighted by Gasteiger charge is 2.32. The summed E-state index contributed by atoms with van der Waals surface area (Å²) in [5.74, 6) is -0.160. The quantitative estimate of drug-likeness (QED) is 0.668. The zero-order chi connectivity index (χ0) is 21.3. The number of benzene rings is 2. The molecular formula is C25H25N3O2. The zero-order valence-corrected chi connectivity index (χ0v) is 17.4. The summed E-state index contributed by atoms with van der Waals surface area (Å²) in [6, 6.07) is 18.9. The fourth-order valence-electron chi connectivity index (χ4n) is 4.00. The Hall–Kier alpha value is -3.47. The number of nitrogens with one attached hydrogen (secondary N) is 1. The Bertz CT molecular complexity index is 1110. The van der Waals surface area contributed by atoms with E-state index in [2.05, 4.69) is 24.1 Å². The molecule has 3 aromatic rings. The van der Waals surface area contributed by atoms with Gasteiger partial charge >= 0.3 is 0 Å². The summed E-state index contributed by atoms with van der Waals surface area (Å²) >= 11 is 0. The van der Waals surface area contributed by atoms with Crippen LogP contribution in [0.15, 0.2) is 66.9 Å². The molecule has 30 heavy (non-hydrogen) atoms. The predicted molar refractivity (Wildman–Crippen MR) is 119 cm³/mol. The lowest BCUT2D eigenvalue weighted by atomic mass is 10.0. The van der Waals surface area contributed by atoms with Gasteiger partial charge in [-0.25, -0.2) is 0 Å². The molecule has 0 fully saturated rings. The molecule has 1 aliphatic rings. The number of para-hydroxylation sites is 2. The monoisotopic (exact) mass is 399 g/mol. The second-order valence-electron chi connectivity index (χ2n) is 7.98. The lowest BCUT2D eigenvalue weighted by molar-refractivity contribution is 0.0976. The number of rotatable bonds is 4. The van der Waals surface area contributed by atoms with Crippen molar-refractivity contribution in [2.45, 2.75) is 39.2 Å². The third-order valence-electron chi connectivity index (χ3n) is 5.50. The Labute approximate surface area is 176 Å². The van der Waals surface area contributed by atoms with Crippen molar-refractivity contribution in [2.24, 2.45) is 0 Å². The first-order valence-electron chi connectivity index (χ1n) is 10.2. The molecule has 5 nitrogen and oxygen atoms in total. The summed E-state index contributed by atoms with van der Waals surface area (Å²) in [5, 5.41) is 2.98. The number of carbonyl (C=O) groups is 2. The van der Waals surface area contributed by atoms with E-state index in [1.54, 1.807) is 17.0 Å². The first-order chi connectivity index (χ1) is 14.5. The first-order valence-corrected chi connectivity index (χ1v) is 10.2. The molecule has 1 aromatic heterocycles. The summed E-state index contributed by atoms with van der Waals surface area (Å²) in [7, 11) is 0. The molecule has 2 aromatic carbocycles. The summed E-state index contributed by atoms with van der Waals surface area (Å²) < 4.78 is 0. The second-order valence-corrected chi connectivity index (χ2v) is 7.98. The van der Waals surface area contributed by atoms with Gasteiger partial charge in [-0.1, -0.05) is 50.2 Å². The van der Waals surface area contributed by atoms with Crippen molar-refractivity contribution >= 4 is 23.2 Å². The number of anilines is 2. The van der Waals surface area contributed by atoms with Crippen LogP contribution in [0.1, 0.15) is 58.7 Å². The van der Waals surface area contributed by atoms with E-state index in [-0.39, 0.29) is 29.5 Å². The van der Waals surface area contributed by atoms with E-state index in [0.29, 0.717) is 5.56 Å². The Kier molecular flexibility index (Phi) is 5.36. The highest BCUT2D eigenvalue weighted by Crippen LogP contribution is 2.33. The lowest BCUT2D eigenvalue weighted by Gasteiger charge is -2.22. The van der Waals surface area contributed by atoms with Crippen LogP contribution in [0.2, 0.25) is 0 Å². The maximum atomic E-state index is 13.2. The van der Waals surface area contributed by atoms with Crippen LogP contribution in [0.25, 0.3) is 0 Å². The van der Waals surface area contributed by atoms with Crippen molar-refractivity contribution in [1.82, 2.24) is 4.98 Å². The fourth-order valence-corrected chi connectivity index (χ4v) is 4.00. The highest BCUT2D eigenvalue weighted by atomic mass is 16.2. The summed E-state index contributed by atoms with van der Waals surface area (Å²) in [6.45, 7) is 6.20. The normalized spacial score (nSPS) is 15.2. The minimum absolute atomic E-state index is 0.0482. The van der Waals surface area contributed by atoms with Crippen LogP contribution in [-0.2, 0) is 6.42 Å². The Balaban J connectivity index is 1.59. The molecule has 0 saturated heterocycles. The Morgan fingerprint density at radius 3 is 2.60 bits per heavy atom. The molecule has 2 heterocycles. The highest BCUT2D eigenvalue weighted by molar-refractivity contribution is 6.09. The van der Waals surface area contributed by atoms with Gasteiger partial charge in [-0.15, -0.1) is 0 Å². The van der Waals surface area contributed by atoms with Crippen LogP contribution in [0.5, 0.6) is 0 Å². The number of pyridine rings is 1. The first kappa shape index (κ1) is 19.8. The van der Waals surface area contributed by atoms with Gasteiger partial charge in [0.1, 0.15) is 5.69 Å². The van der Waals surface area contributed by atoms with Crippen LogP contribution in [0.3, 0.4) is 0 Å². The van der Waals surface area contributed by atoms with Crippen LogP contribution in [0.4, 0.5) is 11.4 Å². The molecule has 0 bridgehead atoms. The summed E-state index contributed by atoms with van der Waals surface area (Å²) in [4.78, 5) is 32.1. The van der Waals surface area contributed by atoms with E-state index in [1.807, 2.05) is 55.5 Å². The van der Waals surface area contributed by atoms with Crippen LogP contribution >= 0.6 is 0 Å². The Morgan fingerprint density at radius 1 is 1.07 bits per heavy atom. The van der Waals surface area contributed by atoms with Gasteiger partial charge in [0.2, 0.25) is 0 Å². The van der Waals surface area contributed by atoms with E-state index < -0.39 is 0 Å². The SMILES string of the molecule is CC(C)c1ccccc1NC(=O)c1ccnc(C(=O)N2c3ccccc3CC2C)c1. The number of amides is 2. The van der Waals surface area contributed by atoms with Crippen molar-refractivity contribution < 1.29 is 9.59 Å². The maximum Gasteiger partial charge on any atom is 0.277 e. The van der Waals surface area contributed by atoms with Gasteiger partial charge in [0, 0.05) is 29.2 Å². The number of hydrogen-bond acceptors (Lipinski definition) is 3. The van der Waals surface area contributed by atoms with Gasteiger partial charge in [-0.2, -0.15) is 0 Å². The number of fused-ring (bicyclic) bond motifs is 1. The van der Waals surface area contributed by atoms with Gasteiger partial charge in [0.15, 0.2) is 0 Å². The molecule has 2 amide bonds. The third-order valence-corrected chi connectivity index (χ3v) is 5.50. The number of nitrogens with zero attached hydrogens (tertiary/aromatic N) is 2. The van der Waals surface area contributed by atoms with E-state index in [9.17, 15) is 9.59 Å². The summed E-state index contributed by atoms with van der Waals surface area (Å²) in [6.07, 6.45) is 2.33. The molecule has 0 saturated carbocycles. The zero-order valence-electron chi connectivity index (χ0n) is 17.4. The predicted octanol–water partition coefficient (Wildman–Crippen LogP) is 5.05. The van der Waals surface area contributed by atoms with Crippen molar-refractivity contribution in [3.05, 3.63) is 89.2 Å². The van der Waals surface area contributed by atoms with Crippen molar-refractivity contribution in [3.63, 3.8) is 0 Å². The van der Waals surface area contributed by atoms with Gasteiger partial charge in [-0.3, -0.25) is 14.6 Å². The third kappa shape index (κ3) is 3.71. The molecule has 1 unspecified atom stereocenters. The summed E-state index contributed by atoms with van der Waals surface area (Å²) in [5.41, 5.74) is 4.59. The van der Waals surface area contributed by atoms with Crippen LogP contribution in [-0.4, -0.2) is 22.8 Å². The minimum atomic E-state index is -0.255. The Morgan fingerprint density at radius 2 is 1.80 bits per heavy atom. The number of hydrogen-bond donors (Lipinski definition) is 1. The van der Waals surface area contributed by atoms with E-state index in [4.69, 9.17) is 0 Å².